The monoisotopic (exact) mass is 592 g/mol. The van der Waals surface area contributed by atoms with Crippen molar-refractivity contribution in [3.05, 3.63) is 72.6 Å². The van der Waals surface area contributed by atoms with Gasteiger partial charge in [0.25, 0.3) is 0 Å². The fourth-order valence-electron chi connectivity index (χ4n) is 3.06. The molecule has 0 N–H and O–H groups in total. The first-order valence-electron chi connectivity index (χ1n) is 8.89. The largest absolute Gasteiger partial charge is 0.399 e. The Morgan fingerprint density at radius 3 is 2.23 bits per heavy atom. The highest BCUT2D eigenvalue weighted by Gasteiger charge is 2.52. The standard InChI is InChI=1S/C21H13BrCl5F3O/c22-15-5-10(1-3-13(15)18(31)8-12-9-20(12,26)27)2-4-14(21(28,29)30)11-6-16(23)19(25)17(24)7-11/h1-7,12,14H,8-9H2/b4-2+. The normalized spacial score (nSPS) is 18.9. The van der Waals surface area contributed by atoms with E-state index >= 15 is 0 Å². The van der Waals surface area contributed by atoms with Crippen LogP contribution in [-0.2, 0) is 0 Å². The first-order valence-corrected chi connectivity index (χ1v) is 11.6. The van der Waals surface area contributed by atoms with Crippen molar-refractivity contribution in [3.8, 4) is 0 Å². The van der Waals surface area contributed by atoms with E-state index in [2.05, 4.69) is 15.9 Å². The van der Waals surface area contributed by atoms with Crippen LogP contribution in [0.15, 0.2) is 40.9 Å². The molecular formula is C21H13BrCl5F3O. The number of hydrogen-bond acceptors (Lipinski definition) is 1. The number of benzene rings is 2. The molecule has 0 amide bonds. The number of halogens is 9. The van der Waals surface area contributed by atoms with Gasteiger partial charge >= 0.3 is 6.18 Å². The maximum absolute atomic E-state index is 13.7. The van der Waals surface area contributed by atoms with E-state index in [1.807, 2.05) is 0 Å². The van der Waals surface area contributed by atoms with Gasteiger partial charge in [0.15, 0.2) is 5.78 Å². The van der Waals surface area contributed by atoms with Gasteiger partial charge in [-0.15, -0.1) is 23.2 Å². The molecule has 0 heterocycles. The van der Waals surface area contributed by atoms with Crippen LogP contribution in [0.5, 0.6) is 0 Å². The Labute approximate surface area is 210 Å². The van der Waals surface area contributed by atoms with Crippen LogP contribution in [0.25, 0.3) is 6.08 Å². The number of allylic oxidation sites excluding steroid dienone is 1. The average molecular weight is 595 g/mol. The zero-order chi connectivity index (χ0) is 23.1. The highest BCUT2D eigenvalue weighted by atomic mass is 79.9. The summed E-state index contributed by atoms with van der Waals surface area (Å²) in [7, 11) is 0. The SMILES string of the molecule is O=C(CC1CC1(Cl)Cl)c1ccc(/C=C/C(c2cc(Cl)c(Cl)c(Cl)c2)C(F)(F)F)cc1Br. The van der Waals surface area contributed by atoms with Crippen LogP contribution in [0.4, 0.5) is 13.2 Å². The molecule has 1 aliphatic carbocycles. The minimum atomic E-state index is -4.58. The quantitative estimate of drug-likeness (QED) is 0.185. The minimum Gasteiger partial charge on any atom is -0.294 e. The Morgan fingerprint density at radius 2 is 1.74 bits per heavy atom. The van der Waals surface area contributed by atoms with Gasteiger partial charge in [0.2, 0.25) is 0 Å². The topological polar surface area (TPSA) is 17.1 Å². The third kappa shape index (κ3) is 6.13. The van der Waals surface area contributed by atoms with Gasteiger partial charge in [0.05, 0.1) is 21.0 Å². The number of hydrogen-bond donors (Lipinski definition) is 0. The van der Waals surface area contributed by atoms with Gasteiger partial charge in [-0.05, 0) is 41.8 Å². The summed E-state index contributed by atoms with van der Waals surface area (Å²) < 4.78 is 40.6. The molecule has 1 aliphatic rings. The van der Waals surface area contributed by atoms with E-state index < -0.39 is 16.4 Å². The molecule has 0 saturated heterocycles. The molecule has 0 bridgehead atoms. The van der Waals surface area contributed by atoms with Gasteiger partial charge < -0.3 is 0 Å². The maximum atomic E-state index is 13.7. The highest BCUT2D eigenvalue weighted by molar-refractivity contribution is 9.10. The Kier molecular flexibility index (Phi) is 7.67. The second-order valence-corrected chi connectivity index (χ2v) is 10.8. The van der Waals surface area contributed by atoms with E-state index in [-0.39, 0.29) is 38.8 Å². The molecule has 31 heavy (non-hydrogen) atoms. The number of Topliss-reactive ketones (excluding diaryl/α,β-unsaturated/α-hetero) is 1. The Balaban J connectivity index is 1.83. The summed E-state index contributed by atoms with van der Waals surface area (Å²) in [5.41, 5.74) is 0.750. The zero-order valence-corrected chi connectivity index (χ0v) is 20.8. The molecule has 0 aromatic heterocycles. The van der Waals surface area contributed by atoms with E-state index in [4.69, 9.17) is 58.0 Å². The van der Waals surface area contributed by atoms with Crippen LogP contribution in [-0.4, -0.2) is 16.3 Å². The lowest BCUT2D eigenvalue weighted by Gasteiger charge is -2.18. The van der Waals surface area contributed by atoms with Crippen molar-refractivity contribution in [2.45, 2.75) is 29.3 Å². The van der Waals surface area contributed by atoms with E-state index in [1.165, 1.54) is 6.08 Å². The number of rotatable bonds is 6. The smallest absolute Gasteiger partial charge is 0.294 e. The molecule has 166 valence electrons. The van der Waals surface area contributed by atoms with Gasteiger partial charge in [0, 0.05) is 22.4 Å². The van der Waals surface area contributed by atoms with Gasteiger partial charge in [0.1, 0.15) is 4.33 Å². The number of ketones is 1. The van der Waals surface area contributed by atoms with Crippen LogP contribution in [0, 0.1) is 5.92 Å². The fraction of sp³-hybridized carbons (Fsp3) is 0.286. The van der Waals surface area contributed by atoms with Gasteiger partial charge in [-0.3, -0.25) is 4.79 Å². The molecule has 0 spiro atoms. The molecule has 2 aromatic rings. The molecule has 2 unspecified atom stereocenters. The molecule has 0 aliphatic heterocycles. The van der Waals surface area contributed by atoms with Crippen LogP contribution in [0.1, 0.15) is 40.2 Å². The van der Waals surface area contributed by atoms with Crippen molar-refractivity contribution in [3.63, 3.8) is 0 Å². The van der Waals surface area contributed by atoms with Crippen LogP contribution in [0.2, 0.25) is 15.1 Å². The molecule has 10 heteroatoms. The number of carbonyl (C=O) groups excluding carboxylic acids is 1. The molecule has 1 nitrogen and oxygen atoms in total. The van der Waals surface area contributed by atoms with E-state index in [0.29, 0.717) is 22.0 Å². The maximum Gasteiger partial charge on any atom is 0.399 e. The molecular weight excluding hydrogens is 582 g/mol. The lowest BCUT2D eigenvalue weighted by Crippen LogP contribution is -2.19. The van der Waals surface area contributed by atoms with Crippen molar-refractivity contribution in [1.82, 2.24) is 0 Å². The Hall–Kier alpha value is -0.430. The lowest BCUT2D eigenvalue weighted by atomic mass is 9.96. The van der Waals surface area contributed by atoms with Gasteiger partial charge in [-0.1, -0.05) is 69.0 Å². The van der Waals surface area contributed by atoms with E-state index in [9.17, 15) is 18.0 Å². The molecule has 3 rings (SSSR count). The van der Waals surface area contributed by atoms with Gasteiger partial charge in [-0.2, -0.15) is 13.2 Å². The summed E-state index contributed by atoms with van der Waals surface area (Å²) in [5, 5.41) is -0.134. The van der Waals surface area contributed by atoms with E-state index in [1.54, 1.807) is 18.2 Å². The molecule has 0 radical (unpaired) electrons. The van der Waals surface area contributed by atoms with Crippen LogP contribution >= 0.6 is 73.9 Å². The summed E-state index contributed by atoms with van der Waals surface area (Å²) in [4.78, 5) is 12.4. The fourth-order valence-corrected chi connectivity index (χ4v) is 4.81. The molecule has 2 atom stereocenters. The summed E-state index contributed by atoms with van der Waals surface area (Å²) in [5.74, 6) is -2.19. The summed E-state index contributed by atoms with van der Waals surface area (Å²) in [6, 6.07) is 6.96. The summed E-state index contributed by atoms with van der Waals surface area (Å²) >= 11 is 32.9. The Morgan fingerprint density at radius 1 is 1.16 bits per heavy atom. The van der Waals surface area contributed by atoms with Crippen molar-refractivity contribution in [2.24, 2.45) is 5.92 Å². The predicted octanol–water partition coefficient (Wildman–Crippen LogP) is 9.54. The molecule has 1 saturated carbocycles. The summed E-state index contributed by atoms with van der Waals surface area (Å²) in [6.45, 7) is 0. The predicted molar refractivity (Wildman–Crippen MR) is 125 cm³/mol. The first-order chi connectivity index (χ1) is 14.3. The van der Waals surface area contributed by atoms with E-state index in [0.717, 1.165) is 18.2 Å². The average Bonchev–Trinajstić information content (AvgIpc) is 3.24. The third-order valence-electron chi connectivity index (χ3n) is 4.88. The second-order valence-electron chi connectivity index (χ2n) is 7.21. The van der Waals surface area contributed by atoms with Crippen molar-refractivity contribution in [2.75, 3.05) is 0 Å². The summed E-state index contributed by atoms with van der Waals surface area (Å²) in [6.07, 6.45) is -1.51. The van der Waals surface area contributed by atoms with Crippen molar-refractivity contribution >= 4 is 85.8 Å². The molecule has 2 aromatic carbocycles. The Bertz CT molecular complexity index is 1030. The van der Waals surface area contributed by atoms with Gasteiger partial charge in [-0.25, -0.2) is 0 Å². The van der Waals surface area contributed by atoms with Crippen molar-refractivity contribution < 1.29 is 18.0 Å². The lowest BCUT2D eigenvalue weighted by molar-refractivity contribution is -0.139. The highest BCUT2D eigenvalue weighted by Crippen LogP contribution is 2.55. The van der Waals surface area contributed by atoms with Crippen LogP contribution in [0.3, 0.4) is 0 Å². The van der Waals surface area contributed by atoms with Crippen molar-refractivity contribution in [1.29, 1.82) is 0 Å². The third-order valence-corrected chi connectivity index (χ3v) is 7.66. The number of alkyl halides is 5. The minimum absolute atomic E-state index is 0.00653. The zero-order valence-electron chi connectivity index (χ0n) is 15.4. The second kappa shape index (κ2) is 9.44. The van der Waals surface area contributed by atoms with Crippen LogP contribution < -0.4 is 0 Å². The molecule has 1 fully saturated rings. The first kappa shape index (κ1) is 25.2. The number of carbonyl (C=O) groups is 1.